The molecular formula is C23H24N2O2S. The van der Waals surface area contributed by atoms with Gasteiger partial charge in [0, 0.05) is 28.1 Å². The molecule has 0 radical (unpaired) electrons. The van der Waals surface area contributed by atoms with Crippen LogP contribution >= 0.6 is 11.3 Å². The Balaban J connectivity index is 1.68. The molecule has 0 aliphatic carbocycles. The molecular weight excluding hydrogens is 368 g/mol. The van der Waals surface area contributed by atoms with E-state index in [2.05, 4.69) is 5.32 Å². The van der Waals surface area contributed by atoms with E-state index in [-0.39, 0.29) is 17.9 Å². The Kier molecular flexibility index (Phi) is 6.26. The first-order valence-electron chi connectivity index (χ1n) is 9.21. The monoisotopic (exact) mass is 392 g/mol. The molecule has 2 aromatic carbocycles. The summed E-state index contributed by atoms with van der Waals surface area (Å²) < 4.78 is 0. The molecule has 0 aliphatic rings. The lowest BCUT2D eigenvalue weighted by molar-refractivity contribution is -0.131. The second-order valence-corrected chi connectivity index (χ2v) is 8.19. The van der Waals surface area contributed by atoms with Crippen molar-refractivity contribution in [3.63, 3.8) is 0 Å². The van der Waals surface area contributed by atoms with Crippen molar-refractivity contribution in [1.29, 1.82) is 0 Å². The number of amides is 2. The van der Waals surface area contributed by atoms with Crippen LogP contribution in [0.25, 0.3) is 0 Å². The number of rotatable bonds is 6. The van der Waals surface area contributed by atoms with Crippen LogP contribution in [0.2, 0.25) is 0 Å². The van der Waals surface area contributed by atoms with Gasteiger partial charge in [0.2, 0.25) is 5.91 Å². The molecule has 0 saturated heterocycles. The van der Waals surface area contributed by atoms with Crippen LogP contribution < -0.4 is 5.32 Å². The van der Waals surface area contributed by atoms with E-state index in [0.29, 0.717) is 17.7 Å². The lowest BCUT2D eigenvalue weighted by Gasteiger charge is -2.25. The van der Waals surface area contributed by atoms with Crippen LogP contribution in [-0.4, -0.2) is 23.8 Å². The summed E-state index contributed by atoms with van der Waals surface area (Å²) in [4.78, 5) is 29.1. The summed E-state index contributed by atoms with van der Waals surface area (Å²) in [5, 5.41) is 2.92. The molecule has 4 nitrogen and oxygen atoms in total. The van der Waals surface area contributed by atoms with Crippen LogP contribution in [0.15, 0.2) is 66.7 Å². The van der Waals surface area contributed by atoms with E-state index in [4.69, 9.17) is 0 Å². The summed E-state index contributed by atoms with van der Waals surface area (Å²) in [6.45, 7) is 4.04. The Morgan fingerprint density at radius 1 is 1.04 bits per heavy atom. The Morgan fingerprint density at radius 3 is 2.46 bits per heavy atom. The summed E-state index contributed by atoms with van der Waals surface area (Å²) in [6, 6.07) is 20.7. The van der Waals surface area contributed by atoms with Crippen molar-refractivity contribution >= 4 is 28.8 Å². The van der Waals surface area contributed by atoms with Gasteiger partial charge >= 0.3 is 0 Å². The zero-order valence-corrected chi connectivity index (χ0v) is 17.1. The Hall–Kier alpha value is -2.92. The van der Waals surface area contributed by atoms with Crippen molar-refractivity contribution in [3.8, 4) is 0 Å². The average molecular weight is 393 g/mol. The van der Waals surface area contributed by atoms with Gasteiger partial charge in [-0.15, -0.1) is 11.3 Å². The number of benzene rings is 2. The number of nitrogens with one attached hydrogen (secondary N) is 1. The minimum absolute atomic E-state index is 0.0769. The van der Waals surface area contributed by atoms with Crippen molar-refractivity contribution in [2.75, 3.05) is 12.4 Å². The number of carbonyl (C=O) groups excluding carboxylic acids is 2. The average Bonchev–Trinajstić information content (AvgIpc) is 3.12. The van der Waals surface area contributed by atoms with Gasteiger partial charge in [0.25, 0.3) is 5.91 Å². The van der Waals surface area contributed by atoms with E-state index < -0.39 is 0 Å². The number of nitrogens with zero attached hydrogens (tertiary/aromatic N) is 1. The molecule has 3 rings (SSSR count). The summed E-state index contributed by atoms with van der Waals surface area (Å²) in [7, 11) is 1.82. The van der Waals surface area contributed by atoms with Gasteiger partial charge in [-0.1, -0.05) is 30.3 Å². The molecule has 0 bridgehead atoms. The number of aryl methyl sites for hydroxylation is 1. The number of hydrogen-bond donors (Lipinski definition) is 1. The predicted octanol–water partition coefficient (Wildman–Crippen LogP) is 5.07. The van der Waals surface area contributed by atoms with Gasteiger partial charge in [-0.3, -0.25) is 9.59 Å². The first-order chi connectivity index (χ1) is 13.4. The molecule has 2 amide bonds. The molecule has 0 saturated carbocycles. The van der Waals surface area contributed by atoms with Crippen LogP contribution in [0, 0.1) is 6.92 Å². The number of hydrogen-bond acceptors (Lipinski definition) is 3. The lowest BCUT2D eigenvalue weighted by Crippen LogP contribution is -2.30. The third-order valence-corrected chi connectivity index (χ3v) is 5.76. The number of anilines is 1. The molecule has 5 heteroatoms. The standard InChI is InChI=1S/C23H24N2O2S/c1-16-12-13-21(28-16)15-22(26)25(3)17(2)19-10-7-11-20(14-19)24-23(27)18-8-5-4-6-9-18/h4-14,17H,15H2,1-3H3,(H,24,27)/t17-/m1/s1. The van der Waals surface area contributed by atoms with Crippen LogP contribution in [0.1, 0.15) is 38.6 Å². The highest BCUT2D eigenvalue weighted by Crippen LogP contribution is 2.24. The SMILES string of the molecule is Cc1ccc(CC(=O)N(C)[C@H](C)c2cccc(NC(=O)c3ccccc3)c2)s1. The fourth-order valence-electron chi connectivity index (χ4n) is 2.96. The summed E-state index contributed by atoms with van der Waals surface area (Å²) in [5.74, 6) is -0.0732. The molecule has 1 N–H and O–H groups in total. The molecule has 0 aliphatic heterocycles. The normalized spacial score (nSPS) is 11.7. The van der Waals surface area contributed by atoms with Crippen LogP contribution in [0.4, 0.5) is 5.69 Å². The second kappa shape index (κ2) is 8.85. The van der Waals surface area contributed by atoms with E-state index in [1.807, 2.05) is 75.5 Å². The summed E-state index contributed by atoms with van der Waals surface area (Å²) >= 11 is 1.65. The molecule has 144 valence electrons. The summed E-state index contributed by atoms with van der Waals surface area (Å²) in [6.07, 6.45) is 0.407. The quantitative estimate of drug-likeness (QED) is 0.637. The van der Waals surface area contributed by atoms with Gasteiger partial charge in [0.1, 0.15) is 0 Å². The van der Waals surface area contributed by atoms with E-state index in [1.54, 1.807) is 28.4 Å². The van der Waals surface area contributed by atoms with E-state index in [9.17, 15) is 9.59 Å². The van der Waals surface area contributed by atoms with E-state index in [0.717, 1.165) is 10.4 Å². The fraction of sp³-hybridized carbons (Fsp3) is 0.217. The van der Waals surface area contributed by atoms with Crippen LogP contribution in [0.3, 0.4) is 0 Å². The smallest absolute Gasteiger partial charge is 0.255 e. The number of thiophene rings is 1. The highest BCUT2D eigenvalue weighted by molar-refractivity contribution is 7.12. The molecule has 1 aromatic heterocycles. The Morgan fingerprint density at radius 2 is 1.79 bits per heavy atom. The van der Waals surface area contributed by atoms with Crippen molar-refractivity contribution in [1.82, 2.24) is 4.90 Å². The topological polar surface area (TPSA) is 49.4 Å². The minimum Gasteiger partial charge on any atom is -0.339 e. The molecule has 1 atom stereocenters. The maximum atomic E-state index is 12.6. The molecule has 0 fully saturated rings. The third kappa shape index (κ3) is 4.87. The van der Waals surface area contributed by atoms with Crippen molar-refractivity contribution in [2.45, 2.75) is 26.3 Å². The lowest BCUT2D eigenvalue weighted by atomic mass is 10.1. The predicted molar refractivity (Wildman–Crippen MR) is 115 cm³/mol. The zero-order chi connectivity index (χ0) is 20.1. The first-order valence-corrected chi connectivity index (χ1v) is 10.0. The van der Waals surface area contributed by atoms with Crippen LogP contribution in [0.5, 0.6) is 0 Å². The second-order valence-electron chi connectivity index (χ2n) is 6.82. The molecule has 0 spiro atoms. The van der Waals surface area contributed by atoms with Crippen LogP contribution in [-0.2, 0) is 11.2 Å². The highest BCUT2D eigenvalue weighted by Gasteiger charge is 2.19. The van der Waals surface area contributed by atoms with Gasteiger partial charge in [-0.25, -0.2) is 0 Å². The molecule has 3 aromatic rings. The molecule has 28 heavy (non-hydrogen) atoms. The fourth-order valence-corrected chi connectivity index (χ4v) is 3.84. The van der Waals surface area contributed by atoms with Crippen molar-refractivity contribution < 1.29 is 9.59 Å². The van der Waals surface area contributed by atoms with Gasteiger partial charge in [0.05, 0.1) is 12.5 Å². The van der Waals surface area contributed by atoms with Gasteiger partial charge in [-0.2, -0.15) is 0 Å². The van der Waals surface area contributed by atoms with Gasteiger partial charge in [-0.05, 0) is 55.8 Å². The van der Waals surface area contributed by atoms with Gasteiger partial charge in [0.15, 0.2) is 0 Å². The largest absolute Gasteiger partial charge is 0.339 e. The summed E-state index contributed by atoms with van der Waals surface area (Å²) in [5.41, 5.74) is 2.30. The maximum Gasteiger partial charge on any atom is 0.255 e. The van der Waals surface area contributed by atoms with Crippen molar-refractivity contribution in [3.05, 3.63) is 87.6 Å². The van der Waals surface area contributed by atoms with Gasteiger partial charge < -0.3 is 10.2 Å². The minimum atomic E-state index is -0.150. The molecule has 0 unspecified atom stereocenters. The maximum absolute atomic E-state index is 12.6. The zero-order valence-electron chi connectivity index (χ0n) is 16.3. The third-order valence-electron chi connectivity index (χ3n) is 4.76. The Labute approximate surface area is 169 Å². The van der Waals surface area contributed by atoms with E-state index in [1.165, 1.54) is 4.88 Å². The molecule has 1 heterocycles. The number of carbonyl (C=O) groups is 2. The Bertz CT molecular complexity index is 965. The number of likely N-dealkylation sites (N-methyl/N-ethyl adjacent to an activating group) is 1. The first kappa shape index (κ1) is 19.8. The van der Waals surface area contributed by atoms with Crippen molar-refractivity contribution in [2.24, 2.45) is 0 Å². The highest BCUT2D eigenvalue weighted by atomic mass is 32.1. The van der Waals surface area contributed by atoms with E-state index >= 15 is 0 Å².